The van der Waals surface area contributed by atoms with E-state index < -0.39 is 48.2 Å². The van der Waals surface area contributed by atoms with Gasteiger partial charge in [-0.3, -0.25) is 19.2 Å². The molecule has 1 aliphatic heterocycles. The summed E-state index contributed by atoms with van der Waals surface area (Å²) in [5.74, 6) is -2.59. The summed E-state index contributed by atoms with van der Waals surface area (Å²) < 4.78 is 5.21. The van der Waals surface area contributed by atoms with Gasteiger partial charge >= 0.3 is 5.97 Å². The Morgan fingerprint density at radius 2 is 1.91 bits per heavy atom. The average molecular weight is 447 g/mol. The number of amides is 3. The number of benzene rings is 1. The Morgan fingerprint density at radius 1 is 1.22 bits per heavy atom. The molecule has 1 heterocycles. The van der Waals surface area contributed by atoms with E-state index in [4.69, 9.17) is 9.84 Å². The van der Waals surface area contributed by atoms with Crippen LogP contribution < -0.4 is 15.4 Å². The predicted octanol–water partition coefficient (Wildman–Crippen LogP) is 0.599. The van der Waals surface area contributed by atoms with Crippen molar-refractivity contribution in [3.8, 4) is 5.75 Å². The standard InChI is InChI=1S/C22H29N3O7/c1-13(2)19(24-20(29)15-7-4-5-9-17(15)32-3)22(31)25-10-6-8-16(25)21(30)23-14(12-26)11-18(27)28/h4-5,7,9,12-14,16,19H,6,8,10-11H2,1-3H3,(H,23,30)(H,24,29)(H,27,28)/t14-,16-,19-/m0/s1. The summed E-state index contributed by atoms with van der Waals surface area (Å²) in [6, 6.07) is 3.73. The predicted molar refractivity (Wildman–Crippen MR) is 114 cm³/mol. The SMILES string of the molecule is COc1ccccc1C(=O)N[C@H](C(=O)N1CCC[C@H]1C(=O)N[C@H](C=O)CC(=O)O)C(C)C. The zero-order chi connectivity index (χ0) is 23.8. The highest BCUT2D eigenvalue weighted by Crippen LogP contribution is 2.22. The smallest absolute Gasteiger partial charge is 0.305 e. The monoisotopic (exact) mass is 447 g/mol. The lowest BCUT2D eigenvalue weighted by molar-refractivity contribution is -0.142. The number of carbonyl (C=O) groups is 5. The Morgan fingerprint density at radius 3 is 2.50 bits per heavy atom. The van der Waals surface area contributed by atoms with E-state index in [1.807, 2.05) is 0 Å². The van der Waals surface area contributed by atoms with Crippen LogP contribution in [0.1, 0.15) is 43.5 Å². The fourth-order valence-electron chi connectivity index (χ4n) is 3.65. The van der Waals surface area contributed by atoms with Crippen LogP contribution in [0.15, 0.2) is 24.3 Å². The second kappa shape index (κ2) is 11.3. The Labute approximate surface area is 186 Å². The van der Waals surface area contributed by atoms with Gasteiger partial charge in [0.15, 0.2) is 0 Å². The molecule has 1 saturated heterocycles. The molecule has 1 aromatic rings. The first-order chi connectivity index (χ1) is 15.2. The summed E-state index contributed by atoms with van der Waals surface area (Å²) in [4.78, 5) is 62.1. The Balaban J connectivity index is 2.15. The van der Waals surface area contributed by atoms with Gasteiger partial charge in [0, 0.05) is 6.54 Å². The van der Waals surface area contributed by atoms with Gasteiger partial charge in [-0.2, -0.15) is 0 Å². The number of hydrogen-bond donors (Lipinski definition) is 3. The fraction of sp³-hybridized carbons (Fsp3) is 0.500. The molecule has 0 aliphatic carbocycles. The molecule has 1 fully saturated rings. The van der Waals surface area contributed by atoms with Gasteiger partial charge < -0.3 is 30.2 Å². The normalized spacial score (nSPS) is 17.4. The number of rotatable bonds is 10. The van der Waals surface area contributed by atoms with E-state index in [0.29, 0.717) is 31.4 Å². The molecule has 10 nitrogen and oxygen atoms in total. The second-order valence-corrected chi connectivity index (χ2v) is 7.93. The number of ether oxygens (including phenoxy) is 1. The minimum Gasteiger partial charge on any atom is -0.496 e. The van der Waals surface area contributed by atoms with Gasteiger partial charge in [0.05, 0.1) is 25.1 Å². The molecule has 0 radical (unpaired) electrons. The highest BCUT2D eigenvalue weighted by molar-refractivity contribution is 6.00. The molecule has 0 unspecified atom stereocenters. The molecule has 1 aliphatic rings. The van der Waals surface area contributed by atoms with E-state index >= 15 is 0 Å². The molecule has 0 spiro atoms. The van der Waals surface area contributed by atoms with Gasteiger partial charge in [0.1, 0.15) is 24.1 Å². The summed E-state index contributed by atoms with van der Waals surface area (Å²) in [7, 11) is 1.45. The molecule has 0 saturated carbocycles. The van der Waals surface area contributed by atoms with Gasteiger partial charge in [0.25, 0.3) is 5.91 Å². The molecule has 3 amide bonds. The van der Waals surface area contributed by atoms with Crippen LogP contribution in [0.4, 0.5) is 0 Å². The lowest BCUT2D eigenvalue weighted by Crippen LogP contribution is -2.56. The van der Waals surface area contributed by atoms with Crippen molar-refractivity contribution in [1.82, 2.24) is 15.5 Å². The van der Waals surface area contributed by atoms with Crippen molar-refractivity contribution >= 4 is 30.0 Å². The number of nitrogens with one attached hydrogen (secondary N) is 2. The lowest BCUT2D eigenvalue weighted by atomic mass is 10.0. The van der Waals surface area contributed by atoms with Crippen LogP contribution in [-0.4, -0.2) is 71.8 Å². The number of carboxylic acid groups (broad SMARTS) is 1. The van der Waals surface area contributed by atoms with Crippen LogP contribution in [0.3, 0.4) is 0 Å². The molecule has 32 heavy (non-hydrogen) atoms. The third kappa shape index (κ3) is 6.05. The maximum Gasteiger partial charge on any atom is 0.305 e. The van der Waals surface area contributed by atoms with Crippen LogP contribution in [-0.2, 0) is 19.2 Å². The highest BCUT2D eigenvalue weighted by Gasteiger charge is 2.39. The number of nitrogens with zero attached hydrogens (tertiary/aromatic N) is 1. The Kier molecular flexibility index (Phi) is 8.74. The summed E-state index contributed by atoms with van der Waals surface area (Å²) in [6.07, 6.45) is 0.762. The topological polar surface area (TPSA) is 142 Å². The van der Waals surface area contributed by atoms with Crippen molar-refractivity contribution < 1.29 is 33.8 Å². The molecule has 0 aromatic heterocycles. The quantitative estimate of drug-likeness (QED) is 0.446. The van der Waals surface area contributed by atoms with Crippen LogP contribution in [0.5, 0.6) is 5.75 Å². The zero-order valence-electron chi connectivity index (χ0n) is 18.4. The first-order valence-electron chi connectivity index (χ1n) is 10.4. The third-order valence-electron chi connectivity index (χ3n) is 5.30. The number of para-hydroxylation sites is 1. The molecule has 174 valence electrons. The van der Waals surface area contributed by atoms with E-state index in [2.05, 4.69) is 10.6 Å². The van der Waals surface area contributed by atoms with Crippen molar-refractivity contribution in [1.29, 1.82) is 0 Å². The molecule has 3 atom stereocenters. The largest absolute Gasteiger partial charge is 0.496 e. The minimum absolute atomic E-state index is 0.264. The zero-order valence-corrected chi connectivity index (χ0v) is 18.4. The van der Waals surface area contributed by atoms with Crippen LogP contribution in [0.2, 0.25) is 0 Å². The van der Waals surface area contributed by atoms with E-state index in [-0.39, 0.29) is 11.5 Å². The highest BCUT2D eigenvalue weighted by atomic mass is 16.5. The van der Waals surface area contributed by atoms with Gasteiger partial charge in [0.2, 0.25) is 11.8 Å². The van der Waals surface area contributed by atoms with E-state index in [1.54, 1.807) is 38.1 Å². The van der Waals surface area contributed by atoms with Crippen LogP contribution in [0.25, 0.3) is 0 Å². The van der Waals surface area contributed by atoms with Crippen molar-refractivity contribution in [3.63, 3.8) is 0 Å². The van der Waals surface area contributed by atoms with Gasteiger partial charge in [-0.25, -0.2) is 0 Å². The molecule has 3 N–H and O–H groups in total. The molecule has 2 rings (SSSR count). The number of likely N-dealkylation sites (tertiary alicyclic amines) is 1. The summed E-state index contributed by atoms with van der Waals surface area (Å²) in [5.41, 5.74) is 0.284. The number of aldehydes is 1. The fourth-order valence-corrected chi connectivity index (χ4v) is 3.65. The number of carbonyl (C=O) groups excluding carboxylic acids is 4. The number of methoxy groups -OCH3 is 1. The average Bonchev–Trinajstić information content (AvgIpc) is 3.25. The van der Waals surface area contributed by atoms with E-state index in [1.165, 1.54) is 12.0 Å². The number of hydrogen-bond acceptors (Lipinski definition) is 6. The van der Waals surface area contributed by atoms with Crippen molar-refractivity contribution in [3.05, 3.63) is 29.8 Å². The maximum absolute atomic E-state index is 13.3. The molecule has 1 aromatic carbocycles. The number of aliphatic carboxylic acids is 1. The minimum atomic E-state index is -1.22. The number of carboxylic acids is 1. The molecular formula is C22H29N3O7. The van der Waals surface area contributed by atoms with Crippen LogP contribution >= 0.6 is 0 Å². The van der Waals surface area contributed by atoms with Gasteiger partial charge in [-0.15, -0.1) is 0 Å². The molecular weight excluding hydrogens is 418 g/mol. The molecule has 10 heteroatoms. The van der Waals surface area contributed by atoms with Crippen molar-refractivity contribution in [2.75, 3.05) is 13.7 Å². The first kappa shape index (κ1) is 24.8. The second-order valence-electron chi connectivity index (χ2n) is 7.93. The van der Waals surface area contributed by atoms with Crippen molar-refractivity contribution in [2.24, 2.45) is 5.92 Å². The maximum atomic E-state index is 13.3. The van der Waals surface area contributed by atoms with E-state index in [0.717, 1.165) is 0 Å². The van der Waals surface area contributed by atoms with Crippen molar-refractivity contribution in [2.45, 2.75) is 51.2 Å². The van der Waals surface area contributed by atoms with Crippen LogP contribution in [0, 0.1) is 5.92 Å². The Bertz CT molecular complexity index is 871. The van der Waals surface area contributed by atoms with Gasteiger partial charge in [-0.05, 0) is 30.9 Å². The summed E-state index contributed by atoms with van der Waals surface area (Å²) in [6.45, 7) is 3.88. The lowest BCUT2D eigenvalue weighted by Gasteiger charge is -2.31. The first-order valence-corrected chi connectivity index (χ1v) is 10.4. The van der Waals surface area contributed by atoms with Gasteiger partial charge in [-0.1, -0.05) is 26.0 Å². The molecule has 0 bridgehead atoms. The summed E-state index contributed by atoms with van der Waals surface area (Å²) >= 11 is 0. The Hall–Kier alpha value is -3.43. The van der Waals surface area contributed by atoms with E-state index in [9.17, 15) is 24.0 Å². The third-order valence-corrected chi connectivity index (χ3v) is 5.30. The summed E-state index contributed by atoms with van der Waals surface area (Å²) in [5, 5.41) is 14.0.